The van der Waals surface area contributed by atoms with Crippen LogP contribution in [0.2, 0.25) is 0 Å². The van der Waals surface area contributed by atoms with Gasteiger partial charge in [-0.25, -0.2) is 0 Å². The molecule has 0 unspecified atom stereocenters. The Hall–Kier alpha value is -2.23. The lowest BCUT2D eigenvalue weighted by Gasteiger charge is -2.06. The molecule has 1 aromatic carbocycles. The van der Waals surface area contributed by atoms with Crippen LogP contribution in [0.4, 0.5) is 5.69 Å². The summed E-state index contributed by atoms with van der Waals surface area (Å²) >= 11 is 0. The first-order chi connectivity index (χ1) is 8.16. The second-order valence-corrected chi connectivity index (χ2v) is 3.92. The molecule has 0 fully saturated rings. The largest absolute Gasteiger partial charge is 0.399 e. The van der Waals surface area contributed by atoms with Crippen molar-refractivity contribution in [2.45, 2.75) is 6.54 Å². The van der Waals surface area contributed by atoms with Crippen molar-refractivity contribution in [2.24, 2.45) is 7.05 Å². The highest BCUT2D eigenvalue weighted by Gasteiger charge is 2.05. The highest BCUT2D eigenvalue weighted by Crippen LogP contribution is 2.07. The first-order valence-corrected chi connectivity index (χ1v) is 5.41. The van der Waals surface area contributed by atoms with Crippen LogP contribution >= 0.6 is 0 Å². The minimum Gasteiger partial charge on any atom is -0.399 e. The van der Waals surface area contributed by atoms with Gasteiger partial charge >= 0.3 is 0 Å². The van der Waals surface area contributed by atoms with E-state index in [0.29, 0.717) is 17.8 Å². The zero-order chi connectivity index (χ0) is 12.3. The Labute approximate surface area is 100 Å². The van der Waals surface area contributed by atoms with Crippen LogP contribution in [-0.2, 0) is 13.6 Å². The van der Waals surface area contributed by atoms with E-state index in [9.17, 15) is 4.79 Å². The average Bonchev–Trinajstić information content (AvgIpc) is 2.72. The molecule has 1 heterocycles. The van der Waals surface area contributed by atoms with Crippen molar-refractivity contribution in [3.05, 3.63) is 53.9 Å². The molecular formula is C13H15N3O. The number of aromatic nitrogens is 1. The van der Waals surface area contributed by atoms with Gasteiger partial charge in [-0.05, 0) is 30.3 Å². The van der Waals surface area contributed by atoms with Gasteiger partial charge in [-0.1, -0.05) is 6.07 Å². The molecule has 0 saturated carbocycles. The summed E-state index contributed by atoms with van der Waals surface area (Å²) in [5.41, 5.74) is 7.86. The smallest absolute Gasteiger partial charge is 0.251 e. The predicted molar refractivity (Wildman–Crippen MR) is 67.4 cm³/mol. The van der Waals surface area contributed by atoms with Gasteiger partial charge in [0.1, 0.15) is 0 Å². The number of nitrogens with zero attached hydrogens (tertiary/aromatic N) is 1. The van der Waals surface area contributed by atoms with Crippen LogP contribution in [0.25, 0.3) is 0 Å². The Balaban J connectivity index is 2.01. The number of rotatable bonds is 3. The summed E-state index contributed by atoms with van der Waals surface area (Å²) in [5.74, 6) is -0.112. The lowest BCUT2D eigenvalue weighted by Crippen LogP contribution is -2.23. The van der Waals surface area contributed by atoms with Gasteiger partial charge in [-0.2, -0.15) is 0 Å². The molecule has 0 aliphatic rings. The Morgan fingerprint density at radius 1 is 1.35 bits per heavy atom. The molecule has 0 spiro atoms. The number of hydrogen-bond acceptors (Lipinski definition) is 2. The molecule has 0 bridgehead atoms. The molecule has 0 saturated heterocycles. The molecule has 0 atom stereocenters. The van der Waals surface area contributed by atoms with Gasteiger partial charge in [0, 0.05) is 30.2 Å². The summed E-state index contributed by atoms with van der Waals surface area (Å²) in [7, 11) is 1.95. The minimum atomic E-state index is -0.112. The first-order valence-electron chi connectivity index (χ1n) is 5.41. The van der Waals surface area contributed by atoms with Crippen molar-refractivity contribution in [1.82, 2.24) is 9.88 Å². The molecule has 4 heteroatoms. The molecule has 1 aromatic heterocycles. The maximum absolute atomic E-state index is 11.8. The fraction of sp³-hybridized carbons (Fsp3) is 0.154. The summed E-state index contributed by atoms with van der Waals surface area (Å²) in [6, 6.07) is 10.9. The number of amides is 1. The number of hydrogen-bond donors (Lipinski definition) is 2. The Bertz CT molecular complexity index is 531. The Morgan fingerprint density at radius 2 is 2.18 bits per heavy atom. The quantitative estimate of drug-likeness (QED) is 0.784. The van der Waals surface area contributed by atoms with E-state index in [1.165, 1.54) is 0 Å². The van der Waals surface area contributed by atoms with Gasteiger partial charge in [0.15, 0.2) is 0 Å². The lowest BCUT2D eigenvalue weighted by molar-refractivity contribution is 0.0950. The van der Waals surface area contributed by atoms with Crippen molar-refractivity contribution in [3.63, 3.8) is 0 Å². The Kier molecular flexibility index (Phi) is 3.14. The van der Waals surface area contributed by atoms with E-state index in [1.54, 1.807) is 24.3 Å². The van der Waals surface area contributed by atoms with Crippen LogP contribution in [0.15, 0.2) is 42.6 Å². The third kappa shape index (κ3) is 2.66. The number of nitrogen functional groups attached to an aromatic ring is 1. The topological polar surface area (TPSA) is 60.0 Å². The third-order valence-corrected chi connectivity index (χ3v) is 2.63. The van der Waals surface area contributed by atoms with Gasteiger partial charge in [-0.15, -0.1) is 0 Å². The lowest BCUT2D eigenvalue weighted by atomic mass is 10.2. The third-order valence-electron chi connectivity index (χ3n) is 2.63. The van der Waals surface area contributed by atoms with Crippen molar-refractivity contribution in [1.29, 1.82) is 0 Å². The van der Waals surface area contributed by atoms with Crippen molar-refractivity contribution < 1.29 is 4.79 Å². The Morgan fingerprint density at radius 3 is 2.82 bits per heavy atom. The molecule has 0 radical (unpaired) electrons. The summed E-state index contributed by atoms with van der Waals surface area (Å²) in [5, 5.41) is 2.85. The van der Waals surface area contributed by atoms with Crippen molar-refractivity contribution >= 4 is 11.6 Å². The number of benzene rings is 1. The van der Waals surface area contributed by atoms with E-state index >= 15 is 0 Å². The van der Waals surface area contributed by atoms with E-state index < -0.39 is 0 Å². The van der Waals surface area contributed by atoms with Gasteiger partial charge < -0.3 is 15.6 Å². The van der Waals surface area contributed by atoms with Crippen LogP contribution in [0.5, 0.6) is 0 Å². The van der Waals surface area contributed by atoms with E-state index in [4.69, 9.17) is 5.73 Å². The number of anilines is 1. The molecule has 2 aromatic rings. The minimum absolute atomic E-state index is 0.112. The standard InChI is InChI=1S/C13H15N3O/c1-16-7-3-6-12(16)9-15-13(17)10-4-2-5-11(14)8-10/h2-8H,9,14H2,1H3,(H,15,17). The van der Waals surface area contributed by atoms with E-state index in [0.717, 1.165) is 5.69 Å². The fourth-order valence-corrected chi connectivity index (χ4v) is 1.63. The molecular weight excluding hydrogens is 214 g/mol. The number of carbonyl (C=O) groups is 1. The van der Waals surface area contributed by atoms with Gasteiger partial charge in [0.25, 0.3) is 5.91 Å². The summed E-state index contributed by atoms with van der Waals surface area (Å²) < 4.78 is 1.97. The highest BCUT2D eigenvalue weighted by atomic mass is 16.1. The first kappa shape index (κ1) is 11.3. The molecule has 17 heavy (non-hydrogen) atoms. The second kappa shape index (κ2) is 4.74. The number of aryl methyl sites for hydroxylation is 1. The van der Waals surface area contributed by atoms with Gasteiger partial charge in [-0.3, -0.25) is 4.79 Å². The molecule has 1 amide bonds. The van der Waals surface area contributed by atoms with Gasteiger partial charge in [0.2, 0.25) is 0 Å². The van der Waals surface area contributed by atoms with Crippen LogP contribution in [-0.4, -0.2) is 10.5 Å². The zero-order valence-corrected chi connectivity index (χ0v) is 9.68. The van der Waals surface area contributed by atoms with E-state index in [1.807, 2.05) is 29.9 Å². The monoisotopic (exact) mass is 229 g/mol. The van der Waals surface area contributed by atoms with Gasteiger partial charge in [0.05, 0.1) is 6.54 Å². The molecule has 0 aliphatic heterocycles. The SMILES string of the molecule is Cn1cccc1CNC(=O)c1cccc(N)c1. The summed E-state index contributed by atoms with van der Waals surface area (Å²) in [4.78, 5) is 11.8. The maximum atomic E-state index is 11.8. The van der Waals surface area contributed by atoms with Crippen LogP contribution < -0.4 is 11.1 Å². The normalized spacial score (nSPS) is 10.2. The predicted octanol–water partition coefficient (Wildman–Crippen LogP) is 1.54. The van der Waals surface area contributed by atoms with Crippen molar-refractivity contribution in [2.75, 3.05) is 5.73 Å². The zero-order valence-electron chi connectivity index (χ0n) is 9.68. The second-order valence-electron chi connectivity index (χ2n) is 3.92. The maximum Gasteiger partial charge on any atom is 0.251 e. The summed E-state index contributed by atoms with van der Waals surface area (Å²) in [6.07, 6.45) is 1.95. The molecule has 4 nitrogen and oxygen atoms in total. The highest BCUT2D eigenvalue weighted by molar-refractivity contribution is 5.94. The fourth-order valence-electron chi connectivity index (χ4n) is 1.63. The summed E-state index contributed by atoms with van der Waals surface area (Å²) in [6.45, 7) is 0.511. The molecule has 3 N–H and O–H groups in total. The van der Waals surface area contributed by atoms with Crippen LogP contribution in [0, 0.1) is 0 Å². The molecule has 2 rings (SSSR count). The van der Waals surface area contributed by atoms with E-state index in [2.05, 4.69) is 5.32 Å². The molecule has 0 aliphatic carbocycles. The van der Waals surface area contributed by atoms with E-state index in [-0.39, 0.29) is 5.91 Å². The average molecular weight is 229 g/mol. The molecule has 88 valence electrons. The number of nitrogens with one attached hydrogen (secondary N) is 1. The van der Waals surface area contributed by atoms with Crippen molar-refractivity contribution in [3.8, 4) is 0 Å². The number of nitrogens with two attached hydrogens (primary N) is 1. The number of carbonyl (C=O) groups excluding carboxylic acids is 1. The van der Waals surface area contributed by atoms with Crippen LogP contribution in [0.3, 0.4) is 0 Å². The van der Waals surface area contributed by atoms with Crippen LogP contribution in [0.1, 0.15) is 16.1 Å².